The number of esters is 1. The lowest BCUT2D eigenvalue weighted by Crippen LogP contribution is -2.18. The average molecular weight is 478 g/mol. The summed E-state index contributed by atoms with van der Waals surface area (Å²) in [6.45, 7) is 2.01. The van der Waals surface area contributed by atoms with Crippen molar-refractivity contribution in [3.63, 3.8) is 0 Å². The van der Waals surface area contributed by atoms with Crippen LogP contribution in [0.15, 0.2) is 39.5 Å². The molecule has 0 saturated carbocycles. The summed E-state index contributed by atoms with van der Waals surface area (Å²) in [5, 5.41) is -0.0354. The van der Waals surface area contributed by atoms with Crippen molar-refractivity contribution in [3.8, 4) is 28.4 Å². The zero-order valence-electron chi connectivity index (χ0n) is 18.4. The Hall–Kier alpha value is -3.69. The number of halogens is 3. The largest absolute Gasteiger partial charge is 0.486 e. The molecule has 3 aromatic rings. The molecule has 0 aliphatic carbocycles. The third-order valence-electron chi connectivity index (χ3n) is 5.25. The molecule has 0 saturated heterocycles. The molecule has 4 rings (SSSR count). The van der Waals surface area contributed by atoms with Crippen molar-refractivity contribution >= 4 is 16.9 Å². The Morgan fingerprint density at radius 2 is 1.82 bits per heavy atom. The van der Waals surface area contributed by atoms with Gasteiger partial charge in [0.2, 0.25) is 11.2 Å². The fourth-order valence-corrected chi connectivity index (χ4v) is 3.72. The molecule has 0 N–H and O–H groups in total. The van der Waals surface area contributed by atoms with E-state index in [0.717, 1.165) is 0 Å². The zero-order chi connectivity index (χ0) is 24.5. The number of benzene rings is 2. The monoisotopic (exact) mass is 478 g/mol. The number of hydrogen-bond donors (Lipinski definition) is 0. The van der Waals surface area contributed by atoms with Crippen molar-refractivity contribution in [3.05, 3.63) is 51.9 Å². The fraction of sp³-hybridized carbons (Fsp3) is 0.333. The summed E-state index contributed by atoms with van der Waals surface area (Å²) in [5.74, 6) is -1.33. The molecule has 180 valence electrons. The van der Waals surface area contributed by atoms with E-state index in [9.17, 15) is 22.8 Å². The van der Waals surface area contributed by atoms with Crippen LogP contribution in [0.3, 0.4) is 0 Å². The highest BCUT2D eigenvalue weighted by atomic mass is 19.4. The second kappa shape index (κ2) is 9.28. The van der Waals surface area contributed by atoms with Crippen molar-refractivity contribution in [2.24, 2.45) is 0 Å². The molecule has 0 spiro atoms. The van der Waals surface area contributed by atoms with Crippen LogP contribution in [0, 0.1) is 0 Å². The second-order valence-electron chi connectivity index (χ2n) is 7.56. The lowest BCUT2D eigenvalue weighted by Gasteiger charge is -2.20. The maximum atomic E-state index is 14.0. The van der Waals surface area contributed by atoms with Crippen LogP contribution in [-0.2, 0) is 22.1 Å². The SMILES string of the molecule is CCCc1cc2c(=O)c(-c3ccc4c(c3)OCCO4)c(C(F)(F)F)oc2cc1OCC(=O)OC. The number of hydrogen-bond acceptors (Lipinski definition) is 7. The highest BCUT2D eigenvalue weighted by Gasteiger charge is 2.39. The lowest BCUT2D eigenvalue weighted by molar-refractivity contribution is -0.152. The van der Waals surface area contributed by atoms with Gasteiger partial charge >= 0.3 is 12.1 Å². The quantitative estimate of drug-likeness (QED) is 0.473. The minimum Gasteiger partial charge on any atom is -0.486 e. The first kappa shape index (κ1) is 23.5. The molecule has 0 fully saturated rings. The van der Waals surface area contributed by atoms with Gasteiger partial charge in [-0.3, -0.25) is 4.79 Å². The van der Waals surface area contributed by atoms with Crippen LogP contribution in [0.2, 0.25) is 0 Å². The number of carbonyl (C=O) groups excluding carboxylic acids is 1. The van der Waals surface area contributed by atoms with Crippen LogP contribution >= 0.6 is 0 Å². The zero-order valence-corrected chi connectivity index (χ0v) is 18.4. The number of rotatable bonds is 6. The van der Waals surface area contributed by atoms with Crippen LogP contribution in [0.4, 0.5) is 13.2 Å². The Morgan fingerprint density at radius 1 is 1.09 bits per heavy atom. The van der Waals surface area contributed by atoms with E-state index in [-0.39, 0.29) is 34.6 Å². The molecular formula is C24H21F3O7. The first-order chi connectivity index (χ1) is 16.2. The maximum Gasteiger partial charge on any atom is 0.450 e. The van der Waals surface area contributed by atoms with E-state index in [4.69, 9.17) is 18.6 Å². The minimum atomic E-state index is -4.95. The summed E-state index contributed by atoms with van der Waals surface area (Å²) in [4.78, 5) is 24.9. The third kappa shape index (κ3) is 4.52. The summed E-state index contributed by atoms with van der Waals surface area (Å²) in [5.41, 5.74) is -1.22. The predicted molar refractivity (Wildman–Crippen MR) is 115 cm³/mol. The van der Waals surface area contributed by atoms with Crippen LogP contribution < -0.4 is 19.6 Å². The van der Waals surface area contributed by atoms with E-state index in [2.05, 4.69) is 4.74 Å². The molecule has 0 unspecified atom stereocenters. The highest BCUT2D eigenvalue weighted by molar-refractivity contribution is 5.85. The molecule has 0 radical (unpaired) electrons. The molecule has 1 aliphatic rings. The maximum absolute atomic E-state index is 14.0. The number of aryl methyl sites for hydroxylation is 1. The number of carbonyl (C=O) groups is 1. The predicted octanol–water partition coefficient (Wildman–Crippen LogP) is 4.75. The third-order valence-corrected chi connectivity index (χ3v) is 5.25. The number of alkyl halides is 3. The highest BCUT2D eigenvalue weighted by Crippen LogP contribution is 2.41. The summed E-state index contributed by atoms with van der Waals surface area (Å²) in [7, 11) is 1.19. The van der Waals surface area contributed by atoms with Crippen molar-refractivity contribution in [2.75, 3.05) is 26.9 Å². The lowest BCUT2D eigenvalue weighted by atomic mass is 9.99. The normalized spacial score (nSPS) is 13.1. The Morgan fingerprint density at radius 3 is 2.50 bits per heavy atom. The summed E-state index contributed by atoms with van der Waals surface area (Å²) >= 11 is 0. The van der Waals surface area contributed by atoms with Crippen molar-refractivity contribution < 1.29 is 41.3 Å². The fourth-order valence-electron chi connectivity index (χ4n) is 3.72. The second-order valence-corrected chi connectivity index (χ2v) is 7.56. The molecule has 0 amide bonds. The molecule has 34 heavy (non-hydrogen) atoms. The standard InChI is InChI=1S/C24H21F3O7/c1-3-4-13-9-15-18(11-17(13)33-12-20(28)30-2)34-23(24(25,26)27)21(22(15)29)14-5-6-16-19(10-14)32-8-7-31-16/h5-6,9-11H,3-4,7-8,12H2,1-2H3. The van der Waals surface area contributed by atoms with E-state index in [1.54, 1.807) is 0 Å². The van der Waals surface area contributed by atoms with Gasteiger partial charge in [0.25, 0.3) is 0 Å². The van der Waals surface area contributed by atoms with E-state index in [1.165, 1.54) is 37.4 Å². The molecule has 2 aromatic carbocycles. The first-order valence-electron chi connectivity index (χ1n) is 10.5. The van der Waals surface area contributed by atoms with E-state index in [0.29, 0.717) is 30.8 Å². The molecule has 1 aromatic heterocycles. The minimum absolute atomic E-state index is 0.00437. The molecular weight excluding hydrogens is 457 g/mol. The summed E-state index contributed by atoms with van der Waals surface area (Å²) in [6.07, 6.45) is -3.82. The van der Waals surface area contributed by atoms with Gasteiger partial charge in [-0.05, 0) is 35.7 Å². The number of methoxy groups -OCH3 is 1. The van der Waals surface area contributed by atoms with Gasteiger partial charge < -0.3 is 23.4 Å². The molecule has 7 nitrogen and oxygen atoms in total. The van der Waals surface area contributed by atoms with Crippen LogP contribution in [0.1, 0.15) is 24.7 Å². The van der Waals surface area contributed by atoms with Gasteiger partial charge in [-0.2, -0.15) is 13.2 Å². The molecule has 1 aliphatic heterocycles. The van der Waals surface area contributed by atoms with Gasteiger partial charge in [-0.1, -0.05) is 19.4 Å². The van der Waals surface area contributed by atoms with Gasteiger partial charge in [0.1, 0.15) is 24.5 Å². The average Bonchev–Trinajstić information content (AvgIpc) is 2.82. The first-order valence-corrected chi connectivity index (χ1v) is 10.5. The van der Waals surface area contributed by atoms with Gasteiger partial charge in [-0.25, -0.2) is 4.79 Å². The number of fused-ring (bicyclic) bond motifs is 2. The van der Waals surface area contributed by atoms with Gasteiger partial charge in [0, 0.05) is 6.07 Å². The summed E-state index contributed by atoms with van der Waals surface area (Å²) in [6, 6.07) is 6.80. The molecule has 10 heteroatoms. The van der Waals surface area contributed by atoms with Crippen molar-refractivity contribution in [1.82, 2.24) is 0 Å². The summed E-state index contributed by atoms with van der Waals surface area (Å²) < 4.78 is 68.1. The van der Waals surface area contributed by atoms with Gasteiger partial charge in [0.05, 0.1) is 18.1 Å². The van der Waals surface area contributed by atoms with E-state index in [1.807, 2.05) is 6.92 Å². The van der Waals surface area contributed by atoms with E-state index >= 15 is 0 Å². The topological polar surface area (TPSA) is 84.2 Å². The Bertz CT molecular complexity index is 1290. The van der Waals surface area contributed by atoms with Crippen molar-refractivity contribution in [2.45, 2.75) is 25.9 Å². The number of ether oxygens (including phenoxy) is 4. The van der Waals surface area contributed by atoms with Crippen LogP contribution in [0.25, 0.3) is 22.1 Å². The Labute approximate surface area is 192 Å². The van der Waals surface area contributed by atoms with Gasteiger partial charge in [0.15, 0.2) is 18.1 Å². The molecule has 0 bridgehead atoms. The Kier molecular flexibility index (Phi) is 6.41. The van der Waals surface area contributed by atoms with Gasteiger partial charge in [-0.15, -0.1) is 0 Å². The Balaban J connectivity index is 1.93. The molecule has 2 heterocycles. The smallest absolute Gasteiger partial charge is 0.450 e. The van der Waals surface area contributed by atoms with E-state index < -0.39 is 35.5 Å². The molecule has 0 atom stereocenters. The van der Waals surface area contributed by atoms with Crippen LogP contribution in [-0.4, -0.2) is 32.9 Å². The van der Waals surface area contributed by atoms with Crippen molar-refractivity contribution in [1.29, 1.82) is 0 Å². The van der Waals surface area contributed by atoms with Crippen LogP contribution in [0.5, 0.6) is 17.2 Å².